The van der Waals surface area contributed by atoms with Crippen molar-refractivity contribution in [1.82, 2.24) is 0 Å². The zero-order valence-corrected chi connectivity index (χ0v) is 28.5. The molecule has 0 spiro atoms. The van der Waals surface area contributed by atoms with Crippen LogP contribution in [0.2, 0.25) is 0 Å². The molecule has 0 radical (unpaired) electrons. The van der Waals surface area contributed by atoms with Crippen LogP contribution in [0.25, 0.3) is 0 Å². The fourth-order valence-corrected chi connectivity index (χ4v) is 5.69. The molecule has 0 aliphatic carbocycles. The molecule has 0 saturated heterocycles. The Morgan fingerprint density at radius 1 is 0.425 bits per heavy atom. The Hall–Kier alpha value is -0.780. The second kappa shape index (κ2) is 34.4. The lowest BCUT2D eigenvalue weighted by Gasteiger charge is -2.09. The summed E-state index contributed by atoms with van der Waals surface area (Å²) in [4.78, 5) is 0. The van der Waals surface area contributed by atoms with Crippen LogP contribution in [-0.4, -0.2) is 0 Å². The first-order valence-electron chi connectivity index (χ1n) is 18.8. The highest BCUT2D eigenvalue weighted by atomic mass is 14.1. The van der Waals surface area contributed by atoms with Crippen LogP contribution < -0.4 is 0 Å². The molecule has 0 nitrogen and oxygen atoms in total. The van der Waals surface area contributed by atoms with Crippen LogP contribution in [-0.2, 0) is 0 Å². The first kappa shape index (κ1) is 39.2. The summed E-state index contributed by atoms with van der Waals surface area (Å²) in [7, 11) is 0. The van der Waals surface area contributed by atoms with Gasteiger partial charge in [-0.25, -0.2) is 0 Å². The average molecular weight is 557 g/mol. The predicted molar refractivity (Wildman–Crippen MR) is 186 cm³/mol. The topological polar surface area (TPSA) is 0 Å². The third-order valence-electron chi connectivity index (χ3n) is 8.61. The summed E-state index contributed by atoms with van der Waals surface area (Å²) in [6, 6.07) is 0. The molecule has 0 aliphatic heterocycles. The van der Waals surface area contributed by atoms with Gasteiger partial charge in [-0.05, 0) is 37.2 Å². The molecule has 1 atom stereocenters. The second-order valence-electron chi connectivity index (χ2n) is 13.0. The van der Waals surface area contributed by atoms with Gasteiger partial charge in [-0.2, -0.15) is 0 Å². The Morgan fingerprint density at radius 2 is 0.800 bits per heavy atom. The van der Waals surface area contributed by atoms with E-state index < -0.39 is 0 Å². The van der Waals surface area contributed by atoms with Gasteiger partial charge in [-0.1, -0.05) is 219 Å². The quantitative estimate of drug-likeness (QED) is 0.0571. The fraction of sp³-hybridized carbons (Fsp3) is 0.850. The van der Waals surface area contributed by atoms with E-state index in [-0.39, 0.29) is 0 Å². The van der Waals surface area contributed by atoms with Crippen molar-refractivity contribution < 1.29 is 0 Å². The standard InChI is InChI=1S/C40H76/c1-5-8-11-13-15-17-19-21-22-24-26-28-30-33-36-40(35-31-10-7-3)38-37-39(4)34-32-29-27-25-23-20-18-16-14-12-9-6-2/h31,33,35-36,38-39H,5-30,32,34,37H2,1-4H3. The van der Waals surface area contributed by atoms with Crippen LogP contribution in [0.1, 0.15) is 214 Å². The second-order valence-corrected chi connectivity index (χ2v) is 13.0. The summed E-state index contributed by atoms with van der Waals surface area (Å²) in [6.07, 6.45) is 52.9. The van der Waals surface area contributed by atoms with E-state index in [0.29, 0.717) is 0 Å². The summed E-state index contributed by atoms with van der Waals surface area (Å²) in [5, 5.41) is 0. The first-order valence-corrected chi connectivity index (χ1v) is 18.8. The summed E-state index contributed by atoms with van der Waals surface area (Å²) in [5.41, 5.74) is 1.44. The van der Waals surface area contributed by atoms with Gasteiger partial charge < -0.3 is 0 Å². The third-order valence-corrected chi connectivity index (χ3v) is 8.61. The Labute approximate surface area is 255 Å². The minimum Gasteiger partial charge on any atom is -0.0840 e. The van der Waals surface area contributed by atoms with E-state index in [1.807, 2.05) is 0 Å². The molecule has 0 amide bonds. The summed E-state index contributed by atoms with van der Waals surface area (Å²) in [5.74, 6) is 0.808. The summed E-state index contributed by atoms with van der Waals surface area (Å²) >= 11 is 0. The van der Waals surface area contributed by atoms with E-state index in [0.717, 1.165) is 5.92 Å². The first-order chi connectivity index (χ1) is 19.7. The SMILES string of the molecule is CCCC=CC(C=CCCCCCCCCCCCCCC)=CCC(C)CCCCCCCCCCCCCC. The van der Waals surface area contributed by atoms with Gasteiger partial charge in [0.15, 0.2) is 0 Å². The highest BCUT2D eigenvalue weighted by molar-refractivity contribution is 5.30. The largest absolute Gasteiger partial charge is 0.0840 e. The molecule has 1 unspecified atom stereocenters. The molecule has 0 aromatic carbocycles. The third kappa shape index (κ3) is 31.7. The molecule has 0 aromatic rings. The van der Waals surface area contributed by atoms with Crippen molar-refractivity contribution in [2.24, 2.45) is 5.92 Å². The highest BCUT2D eigenvalue weighted by Gasteiger charge is 2.01. The van der Waals surface area contributed by atoms with Crippen molar-refractivity contribution in [3.05, 3.63) is 36.0 Å². The van der Waals surface area contributed by atoms with Gasteiger partial charge in [0.2, 0.25) is 0 Å². The molecule has 0 fully saturated rings. The van der Waals surface area contributed by atoms with Gasteiger partial charge in [0.25, 0.3) is 0 Å². The van der Waals surface area contributed by atoms with Gasteiger partial charge in [0, 0.05) is 0 Å². The molecule has 0 saturated carbocycles. The summed E-state index contributed by atoms with van der Waals surface area (Å²) in [6.45, 7) is 9.34. The normalized spacial score (nSPS) is 13.2. The minimum absolute atomic E-state index is 0.808. The van der Waals surface area contributed by atoms with E-state index in [4.69, 9.17) is 0 Å². The molecule has 40 heavy (non-hydrogen) atoms. The molecular weight excluding hydrogens is 480 g/mol. The van der Waals surface area contributed by atoms with Crippen LogP contribution in [0.5, 0.6) is 0 Å². The molecular formula is C40H76. The summed E-state index contributed by atoms with van der Waals surface area (Å²) < 4.78 is 0. The number of unbranched alkanes of at least 4 members (excludes halogenated alkanes) is 24. The van der Waals surface area contributed by atoms with Gasteiger partial charge in [0.05, 0.1) is 0 Å². The molecule has 0 heterocycles. The van der Waals surface area contributed by atoms with E-state index in [9.17, 15) is 0 Å². The molecule has 0 aliphatic rings. The average Bonchev–Trinajstić information content (AvgIpc) is 2.96. The molecule has 0 rings (SSSR count). The number of allylic oxidation sites excluding steroid dienone is 6. The minimum atomic E-state index is 0.808. The van der Waals surface area contributed by atoms with Crippen molar-refractivity contribution in [1.29, 1.82) is 0 Å². The monoisotopic (exact) mass is 557 g/mol. The van der Waals surface area contributed by atoms with Crippen molar-refractivity contribution in [2.45, 2.75) is 214 Å². The van der Waals surface area contributed by atoms with Gasteiger partial charge in [-0.3, -0.25) is 0 Å². The van der Waals surface area contributed by atoms with Gasteiger partial charge >= 0.3 is 0 Å². The maximum absolute atomic E-state index is 2.51. The number of hydrogen-bond acceptors (Lipinski definition) is 0. The van der Waals surface area contributed by atoms with Gasteiger partial charge in [-0.15, -0.1) is 0 Å². The molecule has 236 valence electrons. The Balaban J connectivity index is 3.90. The lowest BCUT2D eigenvalue weighted by Crippen LogP contribution is -1.93. The molecule has 0 aromatic heterocycles. The van der Waals surface area contributed by atoms with E-state index >= 15 is 0 Å². The lowest BCUT2D eigenvalue weighted by atomic mass is 9.97. The zero-order valence-electron chi connectivity index (χ0n) is 28.5. The van der Waals surface area contributed by atoms with Crippen molar-refractivity contribution >= 4 is 0 Å². The Morgan fingerprint density at radius 3 is 1.23 bits per heavy atom. The van der Waals surface area contributed by atoms with Crippen LogP contribution in [0.4, 0.5) is 0 Å². The smallest absolute Gasteiger partial charge is 0.0303 e. The van der Waals surface area contributed by atoms with Crippen molar-refractivity contribution in [3.8, 4) is 0 Å². The fourth-order valence-electron chi connectivity index (χ4n) is 5.69. The van der Waals surface area contributed by atoms with Crippen molar-refractivity contribution in [3.63, 3.8) is 0 Å². The zero-order chi connectivity index (χ0) is 29.2. The van der Waals surface area contributed by atoms with Crippen LogP contribution >= 0.6 is 0 Å². The number of rotatable bonds is 32. The Bertz CT molecular complexity index is 550. The van der Waals surface area contributed by atoms with Gasteiger partial charge in [0.1, 0.15) is 0 Å². The molecule has 0 heteroatoms. The van der Waals surface area contributed by atoms with Crippen LogP contribution in [0.15, 0.2) is 36.0 Å². The van der Waals surface area contributed by atoms with Crippen LogP contribution in [0.3, 0.4) is 0 Å². The van der Waals surface area contributed by atoms with Crippen molar-refractivity contribution in [2.75, 3.05) is 0 Å². The lowest BCUT2D eigenvalue weighted by molar-refractivity contribution is 0.482. The van der Waals surface area contributed by atoms with E-state index in [2.05, 4.69) is 58.1 Å². The van der Waals surface area contributed by atoms with E-state index in [1.165, 1.54) is 192 Å². The maximum atomic E-state index is 2.51. The maximum Gasteiger partial charge on any atom is -0.0303 e. The molecule has 0 N–H and O–H groups in total. The Kier molecular flexibility index (Phi) is 33.8. The van der Waals surface area contributed by atoms with E-state index in [1.54, 1.807) is 0 Å². The highest BCUT2D eigenvalue weighted by Crippen LogP contribution is 2.18. The van der Waals surface area contributed by atoms with Crippen LogP contribution in [0, 0.1) is 5.92 Å². The number of hydrogen-bond donors (Lipinski definition) is 0. The molecule has 0 bridgehead atoms. The predicted octanol–water partition coefficient (Wildman–Crippen LogP) is 15.0.